The summed E-state index contributed by atoms with van der Waals surface area (Å²) in [5.41, 5.74) is 6.84. The number of hydrogen-bond acceptors (Lipinski definition) is 4. The molecule has 0 atom stereocenters. The zero-order chi connectivity index (χ0) is 11.5. The summed E-state index contributed by atoms with van der Waals surface area (Å²) >= 11 is 0. The Kier molecular flexibility index (Phi) is 2.78. The Bertz CT molecular complexity index is 476. The summed E-state index contributed by atoms with van der Waals surface area (Å²) in [6, 6.07) is 8.46. The third kappa shape index (κ3) is 2.16. The fraction of sp³-hybridized carbons (Fsp3) is 0.385. The summed E-state index contributed by atoms with van der Waals surface area (Å²) in [4.78, 5) is 4.33. The molecule has 0 amide bonds. The molecule has 1 heterocycles. The average Bonchev–Trinajstić information content (AvgIpc) is 2.81. The van der Waals surface area contributed by atoms with E-state index in [0.717, 1.165) is 44.0 Å². The molecule has 0 aromatic heterocycles. The van der Waals surface area contributed by atoms with Crippen LogP contribution in [0.2, 0.25) is 0 Å². The van der Waals surface area contributed by atoms with Gasteiger partial charge in [0.05, 0.1) is 5.71 Å². The molecule has 0 bridgehead atoms. The molecule has 4 heteroatoms. The normalized spacial score (nSPS) is 20.7. The lowest BCUT2D eigenvalue weighted by Gasteiger charge is -2.13. The van der Waals surface area contributed by atoms with Crippen molar-refractivity contribution in [3.05, 3.63) is 35.4 Å². The second kappa shape index (κ2) is 4.57. The number of benzene rings is 1. The Labute approximate surface area is 101 Å². The number of hydrogen-bond donors (Lipinski definition) is 2. The molecule has 88 valence electrons. The molecule has 0 saturated carbocycles. The van der Waals surface area contributed by atoms with Crippen LogP contribution >= 0.6 is 0 Å². The van der Waals surface area contributed by atoms with Crippen molar-refractivity contribution in [2.75, 3.05) is 13.1 Å². The van der Waals surface area contributed by atoms with E-state index in [0.29, 0.717) is 0 Å². The first kappa shape index (κ1) is 10.3. The minimum Gasteiger partial charge on any atom is -0.355 e. The number of rotatable bonds is 1. The van der Waals surface area contributed by atoms with Crippen LogP contribution in [0.4, 0.5) is 0 Å². The molecule has 0 radical (unpaired) electrons. The summed E-state index contributed by atoms with van der Waals surface area (Å²) in [5.74, 6) is 0.799. The lowest BCUT2D eigenvalue weighted by Crippen LogP contribution is -2.38. The van der Waals surface area contributed by atoms with Crippen LogP contribution in [0, 0.1) is 0 Å². The molecule has 1 aromatic rings. The van der Waals surface area contributed by atoms with Crippen LogP contribution in [-0.4, -0.2) is 24.8 Å². The first-order valence-corrected chi connectivity index (χ1v) is 6.13. The molecule has 0 spiro atoms. The van der Waals surface area contributed by atoms with Gasteiger partial charge in [-0.3, -0.25) is 4.99 Å². The van der Waals surface area contributed by atoms with E-state index < -0.39 is 0 Å². The maximum absolute atomic E-state index is 4.46. The quantitative estimate of drug-likeness (QED) is 0.711. The van der Waals surface area contributed by atoms with Crippen LogP contribution in [-0.2, 0) is 6.42 Å². The second-order valence-corrected chi connectivity index (χ2v) is 4.34. The maximum Gasteiger partial charge on any atom is 0.212 e. The maximum atomic E-state index is 4.46. The first-order chi connectivity index (χ1) is 8.43. The first-order valence-electron chi connectivity index (χ1n) is 6.13. The van der Waals surface area contributed by atoms with Gasteiger partial charge >= 0.3 is 0 Å². The van der Waals surface area contributed by atoms with Gasteiger partial charge in [-0.25, -0.2) is 5.43 Å². The Hall–Kier alpha value is -1.84. The van der Waals surface area contributed by atoms with Gasteiger partial charge in [0.25, 0.3) is 0 Å². The number of aryl methyl sites for hydroxylation is 1. The summed E-state index contributed by atoms with van der Waals surface area (Å²) in [7, 11) is 0. The largest absolute Gasteiger partial charge is 0.355 e. The van der Waals surface area contributed by atoms with Crippen molar-refractivity contribution in [2.45, 2.75) is 19.3 Å². The van der Waals surface area contributed by atoms with Gasteiger partial charge in [-0.1, -0.05) is 24.3 Å². The minimum atomic E-state index is 0.799. The van der Waals surface area contributed by atoms with Gasteiger partial charge < -0.3 is 5.32 Å². The van der Waals surface area contributed by atoms with E-state index in [-0.39, 0.29) is 0 Å². The third-order valence-electron chi connectivity index (χ3n) is 3.15. The summed E-state index contributed by atoms with van der Waals surface area (Å²) in [6.07, 6.45) is 3.21. The highest BCUT2D eigenvalue weighted by molar-refractivity contribution is 6.04. The van der Waals surface area contributed by atoms with Gasteiger partial charge in [0, 0.05) is 18.7 Å². The zero-order valence-electron chi connectivity index (χ0n) is 9.74. The Morgan fingerprint density at radius 2 is 2.18 bits per heavy atom. The fourth-order valence-electron chi connectivity index (χ4n) is 2.25. The molecule has 3 rings (SSSR count). The van der Waals surface area contributed by atoms with Crippen molar-refractivity contribution >= 4 is 11.7 Å². The number of aliphatic imine (C=N–C) groups is 1. The van der Waals surface area contributed by atoms with E-state index >= 15 is 0 Å². The highest BCUT2D eigenvalue weighted by Gasteiger charge is 2.16. The SMILES string of the molecule is c1ccc2c(c1)CC/C2=N/NC1=NCCCN1. The van der Waals surface area contributed by atoms with Crippen LogP contribution in [0.5, 0.6) is 0 Å². The molecule has 2 N–H and O–H groups in total. The minimum absolute atomic E-state index is 0.799. The van der Waals surface area contributed by atoms with Gasteiger partial charge in [0.1, 0.15) is 0 Å². The molecular weight excluding hydrogens is 212 g/mol. The Balaban J connectivity index is 1.75. The number of nitrogens with zero attached hydrogens (tertiary/aromatic N) is 2. The van der Waals surface area contributed by atoms with E-state index in [1.54, 1.807) is 0 Å². The molecule has 17 heavy (non-hydrogen) atoms. The predicted molar refractivity (Wildman–Crippen MR) is 69.4 cm³/mol. The number of hydrazone groups is 1. The van der Waals surface area contributed by atoms with E-state index in [2.05, 4.69) is 45.1 Å². The van der Waals surface area contributed by atoms with Crippen molar-refractivity contribution in [3.63, 3.8) is 0 Å². The van der Waals surface area contributed by atoms with Crippen LogP contribution in [0.1, 0.15) is 24.0 Å². The number of guanidine groups is 1. The summed E-state index contributed by atoms with van der Waals surface area (Å²) in [6.45, 7) is 1.87. The van der Waals surface area contributed by atoms with Crippen LogP contribution < -0.4 is 10.7 Å². The van der Waals surface area contributed by atoms with Gasteiger partial charge in [0.15, 0.2) is 0 Å². The van der Waals surface area contributed by atoms with Crippen LogP contribution in [0.25, 0.3) is 0 Å². The molecule has 1 aliphatic carbocycles. The average molecular weight is 228 g/mol. The summed E-state index contributed by atoms with van der Waals surface area (Å²) < 4.78 is 0. The van der Waals surface area contributed by atoms with E-state index in [1.165, 1.54) is 11.1 Å². The molecule has 0 fully saturated rings. The topological polar surface area (TPSA) is 48.8 Å². The molecule has 1 aliphatic heterocycles. The van der Waals surface area contributed by atoms with E-state index in [9.17, 15) is 0 Å². The monoisotopic (exact) mass is 228 g/mol. The van der Waals surface area contributed by atoms with E-state index in [4.69, 9.17) is 0 Å². The van der Waals surface area contributed by atoms with Gasteiger partial charge in [0.2, 0.25) is 5.96 Å². The molecule has 0 saturated heterocycles. The van der Waals surface area contributed by atoms with Crippen LogP contribution in [0.15, 0.2) is 34.4 Å². The summed E-state index contributed by atoms with van der Waals surface area (Å²) in [5, 5.41) is 7.66. The highest BCUT2D eigenvalue weighted by atomic mass is 15.4. The number of nitrogens with one attached hydrogen (secondary N) is 2. The van der Waals surface area contributed by atoms with Crippen molar-refractivity contribution in [1.29, 1.82) is 0 Å². The molecule has 4 nitrogen and oxygen atoms in total. The lowest BCUT2D eigenvalue weighted by molar-refractivity contribution is 0.711. The molecule has 2 aliphatic rings. The predicted octanol–water partition coefficient (Wildman–Crippen LogP) is 1.28. The second-order valence-electron chi connectivity index (χ2n) is 4.34. The molecule has 1 aromatic carbocycles. The van der Waals surface area contributed by atoms with Gasteiger partial charge in [-0.05, 0) is 24.8 Å². The lowest BCUT2D eigenvalue weighted by atomic mass is 10.1. The Morgan fingerprint density at radius 1 is 1.24 bits per heavy atom. The van der Waals surface area contributed by atoms with E-state index in [1.807, 2.05) is 0 Å². The smallest absolute Gasteiger partial charge is 0.212 e. The standard InChI is InChI=1S/C13H16N4/c1-2-5-11-10(4-1)6-7-12(11)16-17-13-14-8-3-9-15-13/h1-2,4-5H,3,6-9H2,(H2,14,15,17)/b16-12-. The zero-order valence-corrected chi connectivity index (χ0v) is 9.74. The fourth-order valence-corrected chi connectivity index (χ4v) is 2.25. The molecular formula is C13H16N4. The highest BCUT2D eigenvalue weighted by Crippen LogP contribution is 2.21. The van der Waals surface area contributed by atoms with Crippen LogP contribution in [0.3, 0.4) is 0 Å². The van der Waals surface area contributed by atoms with Crippen molar-refractivity contribution < 1.29 is 0 Å². The van der Waals surface area contributed by atoms with Crippen molar-refractivity contribution in [3.8, 4) is 0 Å². The van der Waals surface area contributed by atoms with Crippen molar-refractivity contribution in [2.24, 2.45) is 10.1 Å². The van der Waals surface area contributed by atoms with Gasteiger partial charge in [-0.2, -0.15) is 5.10 Å². The van der Waals surface area contributed by atoms with Gasteiger partial charge in [-0.15, -0.1) is 0 Å². The van der Waals surface area contributed by atoms with Crippen molar-refractivity contribution in [1.82, 2.24) is 10.7 Å². The number of fused-ring (bicyclic) bond motifs is 1. The third-order valence-corrected chi connectivity index (χ3v) is 3.15. The Morgan fingerprint density at radius 3 is 3.06 bits per heavy atom. The molecule has 0 unspecified atom stereocenters.